The molecule has 3 rings (SSSR count). The van der Waals surface area contributed by atoms with Crippen LogP contribution in [-0.2, 0) is 6.42 Å². The molecule has 0 aromatic heterocycles. The van der Waals surface area contributed by atoms with Gasteiger partial charge in [-0.1, -0.05) is 30.7 Å². The predicted molar refractivity (Wildman–Crippen MR) is 73.7 cm³/mol. The second-order valence-electron chi connectivity index (χ2n) is 6.04. The van der Waals surface area contributed by atoms with Crippen molar-refractivity contribution >= 4 is 0 Å². The van der Waals surface area contributed by atoms with Crippen LogP contribution in [0.2, 0.25) is 0 Å². The third-order valence-electron chi connectivity index (χ3n) is 4.87. The molecule has 0 aliphatic carbocycles. The molecule has 1 aromatic carbocycles. The van der Waals surface area contributed by atoms with Crippen LogP contribution in [0.15, 0.2) is 18.2 Å². The lowest BCUT2D eigenvalue weighted by atomic mass is 9.78. The maximum atomic E-state index is 10.6. The highest BCUT2D eigenvalue weighted by Crippen LogP contribution is 2.41. The fraction of sp³-hybridized carbons (Fsp3) is 0.625. The zero-order valence-electron chi connectivity index (χ0n) is 11.4. The molecule has 2 nitrogen and oxygen atoms in total. The van der Waals surface area contributed by atoms with Crippen LogP contribution < -0.4 is 0 Å². The molecule has 2 heteroatoms. The SMILES string of the molecule is CC[C@]1(O)CCN2CCc3ccc(C)cc3[C@H]2C1. The van der Waals surface area contributed by atoms with E-state index in [4.69, 9.17) is 0 Å². The van der Waals surface area contributed by atoms with E-state index in [1.54, 1.807) is 0 Å². The summed E-state index contributed by atoms with van der Waals surface area (Å²) in [5.41, 5.74) is 3.84. The monoisotopic (exact) mass is 245 g/mol. The van der Waals surface area contributed by atoms with Crippen molar-refractivity contribution in [1.82, 2.24) is 4.90 Å². The molecule has 1 aromatic rings. The molecule has 1 N–H and O–H groups in total. The van der Waals surface area contributed by atoms with E-state index in [1.807, 2.05) is 0 Å². The van der Waals surface area contributed by atoms with Gasteiger partial charge in [0.25, 0.3) is 0 Å². The molecule has 0 saturated carbocycles. The van der Waals surface area contributed by atoms with Gasteiger partial charge in [0.15, 0.2) is 0 Å². The Morgan fingerprint density at radius 2 is 2.22 bits per heavy atom. The molecule has 0 radical (unpaired) electrons. The second-order valence-corrected chi connectivity index (χ2v) is 6.04. The highest BCUT2D eigenvalue weighted by atomic mass is 16.3. The largest absolute Gasteiger partial charge is 0.390 e. The van der Waals surface area contributed by atoms with Crippen molar-refractivity contribution in [3.63, 3.8) is 0 Å². The molecule has 0 amide bonds. The molecule has 18 heavy (non-hydrogen) atoms. The van der Waals surface area contributed by atoms with Crippen molar-refractivity contribution in [2.45, 2.75) is 51.2 Å². The smallest absolute Gasteiger partial charge is 0.0675 e. The first-order chi connectivity index (χ1) is 8.61. The number of piperidine rings is 1. The maximum absolute atomic E-state index is 10.6. The number of benzene rings is 1. The first-order valence-corrected chi connectivity index (χ1v) is 7.17. The van der Waals surface area contributed by atoms with E-state index >= 15 is 0 Å². The first-order valence-electron chi connectivity index (χ1n) is 7.17. The summed E-state index contributed by atoms with van der Waals surface area (Å²) in [6.07, 6.45) is 3.87. The van der Waals surface area contributed by atoms with Crippen LogP contribution in [0.25, 0.3) is 0 Å². The number of rotatable bonds is 1. The fourth-order valence-electron chi connectivity index (χ4n) is 3.51. The summed E-state index contributed by atoms with van der Waals surface area (Å²) in [5.74, 6) is 0. The molecule has 1 fully saturated rings. The summed E-state index contributed by atoms with van der Waals surface area (Å²) in [4.78, 5) is 2.56. The van der Waals surface area contributed by atoms with Gasteiger partial charge in [-0.15, -0.1) is 0 Å². The number of aliphatic hydroxyl groups is 1. The molecule has 1 saturated heterocycles. The standard InChI is InChI=1S/C16H23NO/c1-3-16(18)7-9-17-8-6-13-5-4-12(2)10-14(13)15(17)11-16/h4-5,10,15,18H,3,6-9,11H2,1-2H3/t15-,16+/m1/s1. The minimum absolute atomic E-state index is 0.437. The molecule has 2 heterocycles. The van der Waals surface area contributed by atoms with E-state index in [0.717, 1.165) is 38.8 Å². The quantitative estimate of drug-likeness (QED) is 0.822. The van der Waals surface area contributed by atoms with Gasteiger partial charge in [0.2, 0.25) is 0 Å². The molecule has 0 bridgehead atoms. The van der Waals surface area contributed by atoms with Gasteiger partial charge in [-0.05, 0) is 43.7 Å². The number of fused-ring (bicyclic) bond motifs is 3. The predicted octanol–water partition coefficient (Wildman–Crippen LogP) is 2.83. The Balaban J connectivity index is 1.96. The molecule has 0 spiro atoms. The van der Waals surface area contributed by atoms with E-state index in [-0.39, 0.29) is 0 Å². The van der Waals surface area contributed by atoms with Gasteiger partial charge >= 0.3 is 0 Å². The van der Waals surface area contributed by atoms with E-state index in [1.165, 1.54) is 16.7 Å². The number of hydrogen-bond donors (Lipinski definition) is 1. The Labute approximate surface area is 110 Å². The van der Waals surface area contributed by atoms with Crippen molar-refractivity contribution in [1.29, 1.82) is 0 Å². The topological polar surface area (TPSA) is 23.5 Å². The van der Waals surface area contributed by atoms with Crippen molar-refractivity contribution in [2.75, 3.05) is 13.1 Å². The average molecular weight is 245 g/mol. The molecule has 98 valence electrons. The van der Waals surface area contributed by atoms with Gasteiger partial charge in [0.05, 0.1) is 5.60 Å². The summed E-state index contributed by atoms with van der Waals surface area (Å²) < 4.78 is 0. The van der Waals surface area contributed by atoms with Gasteiger partial charge in [-0.2, -0.15) is 0 Å². The maximum Gasteiger partial charge on any atom is 0.0675 e. The lowest BCUT2D eigenvalue weighted by Crippen LogP contribution is -2.48. The third kappa shape index (κ3) is 1.98. The number of nitrogens with zero attached hydrogens (tertiary/aromatic N) is 1. The highest BCUT2D eigenvalue weighted by molar-refractivity contribution is 5.36. The van der Waals surface area contributed by atoms with Gasteiger partial charge in [-0.25, -0.2) is 0 Å². The number of aryl methyl sites for hydroxylation is 1. The van der Waals surface area contributed by atoms with Crippen molar-refractivity contribution in [3.8, 4) is 0 Å². The molecular weight excluding hydrogens is 222 g/mol. The van der Waals surface area contributed by atoms with Crippen LogP contribution in [-0.4, -0.2) is 28.7 Å². The van der Waals surface area contributed by atoms with Gasteiger partial charge < -0.3 is 5.11 Å². The van der Waals surface area contributed by atoms with Crippen LogP contribution in [0, 0.1) is 6.92 Å². The van der Waals surface area contributed by atoms with E-state index in [0.29, 0.717) is 6.04 Å². The van der Waals surface area contributed by atoms with E-state index in [9.17, 15) is 5.11 Å². The van der Waals surface area contributed by atoms with Crippen LogP contribution in [0.5, 0.6) is 0 Å². The Kier molecular flexibility index (Phi) is 2.95. The van der Waals surface area contributed by atoms with Crippen molar-refractivity contribution < 1.29 is 5.11 Å². The third-order valence-corrected chi connectivity index (χ3v) is 4.87. The molecular formula is C16H23NO. The Hall–Kier alpha value is -0.860. The second kappa shape index (κ2) is 4.36. The minimum Gasteiger partial charge on any atom is -0.390 e. The summed E-state index contributed by atoms with van der Waals surface area (Å²) in [7, 11) is 0. The summed E-state index contributed by atoms with van der Waals surface area (Å²) >= 11 is 0. The van der Waals surface area contributed by atoms with Gasteiger partial charge in [0, 0.05) is 19.1 Å². The average Bonchev–Trinajstić information content (AvgIpc) is 2.39. The van der Waals surface area contributed by atoms with E-state index in [2.05, 4.69) is 36.9 Å². The van der Waals surface area contributed by atoms with E-state index < -0.39 is 5.60 Å². The minimum atomic E-state index is -0.445. The van der Waals surface area contributed by atoms with Crippen LogP contribution in [0.4, 0.5) is 0 Å². The molecule has 2 atom stereocenters. The zero-order valence-corrected chi connectivity index (χ0v) is 11.4. The number of hydrogen-bond acceptors (Lipinski definition) is 2. The first kappa shape index (κ1) is 12.2. The lowest BCUT2D eigenvalue weighted by molar-refractivity contribution is -0.0529. The highest BCUT2D eigenvalue weighted by Gasteiger charge is 2.39. The Morgan fingerprint density at radius 3 is 3.00 bits per heavy atom. The summed E-state index contributed by atoms with van der Waals surface area (Å²) in [6.45, 7) is 6.46. The van der Waals surface area contributed by atoms with Crippen LogP contribution in [0.1, 0.15) is 48.9 Å². The zero-order chi connectivity index (χ0) is 12.8. The van der Waals surface area contributed by atoms with Crippen molar-refractivity contribution in [3.05, 3.63) is 34.9 Å². The van der Waals surface area contributed by atoms with Gasteiger partial charge in [0.1, 0.15) is 0 Å². The fourth-order valence-corrected chi connectivity index (χ4v) is 3.51. The lowest BCUT2D eigenvalue weighted by Gasteiger charge is -2.47. The van der Waals surface area contributed by atoms with Crippen LogP contribution in [0.3, 0.4) is 0 Å². The van der Waals surface area contributed by atoms with Crippen LogP contribution >= 0.6 is 0 Å². The summed E-state index contributed by atoms with van der Waals surface area (Å²) in [5, 5.41) is 10.6. The Morgan fingerprint density at radius 1 is 1.39 bits per heavy atom. The van der Waals surface area contributed by atoms with Gasteiger partial charge in [-0.3, -0.25) is 4.90 Å². The summed E-state index contributed by atoms with van der Waals surface area (Å²) in [6, 6.07) is 7.26. The normalized spacial score (nSPS) is 31.8. The molecule has 2 aliphatic rings. The molecule has 2 aliphatic heterocycles. The molecule has 0 unspecified atom stereocenters. The Bertz CT molecular complexity index is 456. The van der Waals surface area contributed by atoms with Crippen molar-refractivity contribution in [2.24, 2.45) is 0 Å².